The number of carbonyl (C=O) groups is 1. The highest BCUT2D eigenvalue weighted by atomic mass is 31.2. The van der Waals surface area contributed by atoms with Gasteiger partial charge in [0, 0.05) is 6.20 Å². The van der Waals surface area contributed by atoms with Crippen LogP contribution in [-0.4, -0.2) is 68.5 Å². The number of nitrogens with two attached hydrogens (primary N) is 1. The van der Waals surface area contributed by atoms with Crippen LogP contribution in [0.5, 0.6) is 5.75 Å². The molecule has 12 nitrogen and oxygen atoms in total. The lowest BCUT2D eigenvalue weighted by molar-refractivity contribution is -0.151. The molecule has 3 heterocycles. The summed E-state index contributed by atoms with van der Waals surface area (Å²) in [6.07, 6.45) is -6.35. The second kappa shape index (κ2) is 11.9. The number of nitrogens with one attached hydrogen (secondary N) is 1. The van der Waals surface area contributed by atoms with Gasteiger partial charge in [-0.15, -0.1) is 0 Å². The third-order valence-electron chi connectivity index (χ3n) is 6.59. The summed E-state index contributed by atoms with van der Waals surface area (Å²) in [7, 11) is -4.20. The van der Waals surface area contributed by atoms with Gasteiger partial charge in [-0.3, -0.25) is 19.1 Å². The van der Waals surface area contributed by atoms with Crippen molar-refractivity contribution in [1.29, 1.82) is 0 Å². The molecule has 1 unspecified atom stereocenters. The minimum absolute atomic E-state index is 0.0364. The van der Waals surface area contributed by atoms with Crippen LogP contribution < -0.4 is 15.8 Å². The average Bonchev–Trinajstić information content (AvgIpc) is 3.42. The SMILES string of the molecule is CC(C)OC(=O)[C@H](C)C[P@](=O)(Oc1ccccc1)O[C@H](C)[C@H]1O[C@@H](n2ccc3c(=O)[nH]c(N)nc32)C(F)(CF)[C@H]1O. The average molecular weight is 599 g/mol. The maximum atomic E-state index is 16.1. The Balaban J connectivity index is 1.63. The Labute approximate surface area is 234 Å². The van der Waals surface area contributed by atoms with Crippen LogP contribution in [0.1, 0.15) is 33.9 Å². The van der Waals surface area contributed by atoms with Crippen LogP contribution in [0.15, 0.2) is 47.4 Å². The molecule has 7 atom stereocenters. The monoisotopic (exact) mass is 598 g/mol. The number of hydrogen-bond acceptors (Lipinski definition) is 10. The number of aliphatic hydroxyl groups excluding tert-OH is 1. The van der Waals surface area contributed by atoms with Crippen molar-refractivity contribution in [1.82, 2.24) is 14.5 Å². The number of fused-ring (bicyclic) bond motifs is 1. The fourth-order valence-corrected chi connectivity index (χ4v) is 6.72. The Morgan fingerprint density at radius 2 is 1.95 bits per heavy atom. The lowest BCUT2D eigenvalue weighted by Crippen LogP contribution is -2.47. The molecule has 0 saturated carbocycles. The van der Waals surface area contributed by atoms with Gasteiger partial charge in [0.15, 0.2) is 11.9 Å². The van der Waals surface area contributed by atoms with Gasteiger partial charge in [-0.25, -0.2) is 13.3 Å². The van der Waals surface area contributed by atoms with Gasteiger partial charge < -0.3 is 29.4 Å². The fourth-order valence-electron chi connectivity index (χ4n) is 4.63. The van der Waals surface area contributed by atoms with Gasteiger partial charge in [0.25, 0.3) is 5.56 Å². The van der Waals surface area contributed by atoms with Crippen LogP contribution in [-0.2, 0) is 23.4 Å². The van der Waals surface area contributed by atoms with Gasteiger partial charge >= 0.3 is 13.6 Å². The van der Waals surface area contributed by atoms with Crippen molar-refractivity contribution < 1.29 is 41.8 Å². The number of para-hydroxylation sites is 1. The molecular formula is C26H33F2N4O8P. The number of esters is 1. The van der Waals surface area contributed by atoms with E-state index in [4.69, 9.17) is 24.3 Å². The summed E-state index contributed by atoms with van der Waals surface area (Å²) >= 11 is 0. The predicted octanol–water partition coefficient (Wildman–Crippen LogP) is 3.51. The number of halogens is 2. The highest BCUT2D eigenvalue weighted by molar-refractivity contribution is 7.54. The van der Waals surface area contributed by atoms with E-state index in [0.717, 1.165) is 4.57 Å². The molecule has 15 heteroatoms. The molecule has 1 aliphatic heterocycles. The van der Waals surface area contributed by atoms with E-state index in [0.29, 0.717) is 0 Å². The second-order valence-corrected chi connectivity index (χ2v) is 12.2. The van der Waals surface area contributed by atoms with Crippen LogP contribution in [0, 0.1) is 5.92 Å². The van der Waals surface area contributed by atoms with Crippen molar-refractivity contribution in [2.24, 2.45) is 5.92 Å². The number of H-pyrrole nitrogens is 1. The van der Waals surface area contributed by atoms with Crippen LogP contribution in [0.4, 0.5) is 14.7 Å². The van der Waals surface area contributed by atoms with Gasteiger partial charge in [-0.2, -0.15) is 4.98 Å². The Hall–Kier alpha value is -3.32. The first-order chi connectivity index (χ1) is 19.3. The summed E-state index contributed by atoms with van der Waals surface area (Å²) in [5, 5.41) is 11.0. The van der Waals surface area contributed by atoms with Crippen LogP contribution in [0.25, 0.3) is 11.0 Å². The van der Waals surface area contributed by atoms with E-state index < -0.39 is 74.2 Å². The largest absolute Gasteiger partial charge is 0.463 e. The van der Waals surface area contributed by atoms with E-state index in [1.165, 1.54) is 38.2 Å². The highest BCUT2D eigenvalue weighted by Gasteiger charge is 2.61. The van der Waals surface area contributed by atoms with E-state index in [1.54, 1.807) is 32.0 Å². The van der Waals surface area contributed by atoms with Gasteiger partial charge in [-0.1, -0.05) is 25.1 Å². The molecule has 1 saturated heterocycles. The Morgan fingerprint density at radius 3 is 2.59 bits per heavy atom. The van der Waals surface area contributed by atoms with E-state index in [1.807, 2.05) is 0 Å². The molecule has 4 N–H and O–H groups in total. The molecule has 2 aromatic heterocycles. The topological polar surface area (TPSA) is 168 Å². The zero-order valence-corrected chi connectivity index (χ0v) is 23.8. The molecule has 0 amide bonds. The molecular weight excluding hydrogens is 565 g/mol. The van der Waals surface area contributed by atoms with Gasteiger partial charge in [0.1, 0.15) is 24.6 Å². The van der Waals surface area contributed by atoms with Crippen molar-refractivity contribution in [3.63, 3.8) is 0 Å². The lowest BCUT2D eigenvalue weighted by atomic mass is 9.95. The first-order valence-corrected chi connectivity index (χ1v) is 14.7. The number of aromatic amines is 1. The summed E-state index contributed by atoms with van der Waals surface area (Å²) in [5.74, 6) is -1.64. The number of anilines is 1. The molecule has 0 radical (unpaired) electrons. The molecule has 224 valence electrons. The predicted molar refractivity (Wildman–Crippen MR) is 145 cm³/mol. The minimum atomic E-state index is -4.20. The van der Waals surface area contributed by atoms with Crippen LogP contribution in [0.2, 0.25) is 0 Å². The maximum absolute atomic E-state index is 16.1. The molecule has 1 aromatic carbocycles. The summed E-state index contributed by atoms with van der Waals surface area (Å²) in [5.41, 5.74) is 1.93. The van der Waals surface area contributed by atoms with Gasteiger partial charge in [-0.05, 0) is 39.0 Å². The second-order valence-electron chi connectivity index (χ2n) is 10.3. The molecule has 0 spiro atoms. The fraction of sp³-hybridized carbons (Fsp3) is 0.500. The number of alkyl halides is 2. The third-order valence-corrected chi connectivity index (χ3v) is 8.72. The van der Waals surface area contributed by atoms with E-state index in [-0.39, 0.29) is 22.7 Å². The van der Waals surface area contributed by atoms with E-state index in [9.17, 15) is 23.7 Å². The summed E-state index contributed by atoms with van der Waals surface area (Å²) < 4.78 is 67.9. The van der Waals surface area contributed by atoms with Crippen LogP contribution >= 0.6 is 7.60 Å². The molecule has 0 bridgehead atoms. The molecule has 41 heavy (non-hydrogen) atoms. The standard InChI is InChI=1S/C26H33F2N4O8P/c1-14(2)37-23(35)15(3)12-41(36,40-17-8-6-5-7-9-17)39-16(4)19-20(33)26(28,13-27)24(38-19)32-11-10-18-21(32)30-25(29)31-22(18)34/h5-11,14-16,19-20,24,33H,12-13H2,1-4H3,(H3,29,30,31,34)/t15-,16-,19-,20+,24-,26?,41-/m1/s1. The molecule has 0 aliphatic carbocycles. The van der Waals surface area contributed by atoms with Crippen molar-refractivity contribution in [3.05, 3.63) is 52.9 Å². The summed E-state index contributed by atoms with van der Waals surface area (Å²) in [4.78, 5) is 31.0. The minimum Gasteiger partial charge on any atom is -0.463 e. The van der Waals surface area contributed by atoms with Crippen LogP contribution in [0.3, 0.4) is 0 Å². The molecule has 1 fully saturated rings. The van der Waals surface area contributed by atoms with E-state index in [2.05, 4.69) is 9.97 Å². The first kappa shape index (κ1) is 30.6. The first-order valence-electron chi connectivity index (χ1n) is 13.0. The van der Waals surface area contributed by atoms with Crippen molar-refractivity contribution >= 4 is 30.5 Å². The highest BCUT2D eigenvalue weighted by Crippen LogP contribution is 2.53. The summed E-state index contributed by atoms with van der Waals surface area (Å²) in [6.45, 7) is 4.50. The lowest BCUT2D eigenvalue weighted by Gasteiger charge is -2.29. The van der Waals surface area contributed by atoms with Gasteiger partial charge in [0.2, 0.25) is 11.6 Å². The quantitative estimate of drug-likeness (QED) is 0.219. The number of rotatable bonds is 11. The zero-order chi connectivity index (χ0) is 30.1. The number of hydrogen-bond donors (Lipinski definition) is 3. The number of aromatic nitrogens is 3. The van der Waals surface area contributed by atoms with Crippen molar-refractivity contribution in [2.75, 3.05) is 18.6 Å². The normalized spacial score (nSPS) is 25.6. The number of nitrogens with zero attached hydrogens (tertiary/aromatic N) is 2. The summed E-state index contributed by atoms with van der Waals surface area (Å²) in [6, 6.07) is 9.37. The number of ether oxygens (including phenoxy) is 2. The number of aliphatic hydroxyl groups is 1. The number of nitrogen functional groups attached to an aromatic ring is 1. The van der Waals surface area contributed by atoms with Gasteiger partial charge in [0.05, 0.1) is 29.7 Å². The Bertz CT molecular complexity index is 1490. The maximum Gasteiger partial charge on any atom is 0.380 e. The Kier molecular flexibility index (Phi) is 8.88. The van der Waals surface area contributed by atoms with E-state index >= 15 is 4.39 Å². The molecule has 1 aliphatic rings. The molecule has 3 aromatic rings. The number of carbonyl (C=O) groups excluding carboxylic acids is 1. The third kappa shape index (κ3) is 6.30. The Morgan fingerprint density at radius 1 is 1.27 bits per heavy atom. The number of benzene rings is 1. The van der Waals surface area contributed by atoms with Crippen molar-refractivity contribution in [2.45, 2.75) is 64.0 Å². The van der Waals surface area contributed by atoms with Crippen molar-refractivity contribution in [3.8, 4) is 5.75 Å². The smallest absolute Gasteiger partial charge is 0.380 e. The zero-order valence-electron chi connectivity index (χ0n) is 22.9. The molecule has 4 rings (SSSR count).